The molecular weight excluding hydrogens is 234 g/mol. The highest BCUT2D eigenvalue weighted by atomic mass is 32.1. The Morgan fingerprint density at radius 1 is 1.24 bits per heavy atom. The molecule has 0 fully saturated rings. The van der Waals surface area contributed by atoms with Crippen LogP contribution in [0.2, 0.25) is 0 Å². The molecule has 6 heteroatoms. The van der Waals surface area contributed by atoms with Crippen molar-refractivity contribution >= 4 is 22.0 Å². The number of aryl methyl sites for hydroxylation is 2. The molecule has 0 radical (unpaired) electrons. The van der Waals surface area contributed by atoms with E-state index in [0.717, 1.165) is 27.6 Å². The average Bonchev–Trinajstić information content (AvgIpc) is 2.80. The Hall–Kier alpha value is -1.95. The van der Waals surface area contributed by atoms with Crippen molar-refractivity contribution in [1.29, 1.82) is 0 Å². The molecule has 0 unspecified atom stereocenters. The summed E-state index contributed by atoms with van der Waals surface area (Å²) in [6.45, 7) is 4.04. The highest BCUT2D eigenvalue weighted by molar-refractivity contribution is 7.15. The number of imidazole rings is 1. The van der Waals surface area contributed by atoms with Crippen molar-refractivity contribution in [3.8, 4) is 11.3 Å². The second-order valence-electron chi connectivity index (χ2n) is 3.90. The first-order valence-electron chi connectivity index (χ1n) is 5.18. The number of aromatic nitrogens is 4. The van der Waals surface area contributed by atoms with E-state index in [2.05, 4.69) is 31.9 Å². The number of nitrogens with zero attached hydrogens (tertiary/aromatic N) is 4. The zero-order chi connectivity index (χ0) is 12.0. The Bertz CT molecular complexity index is 697. The fraction of sp³-hybridized carbons (Fsp3) is 0.182. The highest BCUT2D eigenvalue weighted by Crippen LogP contribution is 2.31. The molecule has 0 aliphatic carbocycles. The van der Waals surface area contributed by atoms with E-state index in [4.69, 9.17) is 5.73 Å². The van der Waals surface area contributed by atoms with Gasteiger partial charge in [0, 0.05) is 16.6 Å². The zero-order valence-electron chi connectivity index (χ0n) is 9.51. The third-order valence-corrected chi connectivity index (χ3v) is 3.67. The summed E-state index contributed by atoms with van der Waals surface area (Å²) >= 11 is 1.62. The van der Waals surface area contributed by atoms with E-state index in [1.54, 1.807) is 23.7 Å². The molecule has 0 atom stereocenters. The van der Waals surface area contributed by atoms with E-state index < -0.39 is 0 Å². The van der Waals surface area contributed by atoms with E-state index in [-0.39, 0.29) is 0 Å². The maximum atomic E-state index is 5.95. The molecule has 0 bridgehead atoms. The third kappa shape index (κ3) is 1.41. The molecule has 3 rings (SSSR count). The molecule has 17 heavy (non-hydrogen) atoms. The zero-order valence-corrected chi connectivity index (χ0v) is 10.3. The van der Waals surface area contributed by atoms with Gasteiger partial charge in [-0.05, 0) is 13.8 Å². The summed E-state index contributed by atoms with van der Waals surface area (Å²) in [7, 11) is 0. The second-order valence-corrected chi connectivity index (χ2v) is 4.74. The predicted octanol–water partition coefficient (Wildman–Crippen LogP) is 2.05. The van der Waals surface area contributed by atoms with Crippen LogP contribution in [0.1, 0.15) is 11.4 Å². The van der Waals surface area contributed by atoms with Gasteiger partial charge in [0.15, 0.2) is 4.96 Å². The van der Waals surface area contributed by atoms with E-state index in [1.807, 2.05) is 6.92 Å². The van der Waals surface area contributed by atoms with Gasteiger partial charge in [0.1, 0.15) is 0 Å². The molecule has 0 aliphatic heterocycles. The Kier molecular flexibility index (Phi) is 2.12. The van der Waals surface area contributed by atoms with Crippen LogP contribution >= 0.6 is 11.3 Å². The van der Waals surface area contributed by atoms with E-state index in [9.17, 15) is 0 Å². The van der Waals surface area contributed by atoms with Crippen molar-refractivity contribution in [3.05, 3.63) is 29.2 Å². The standard InChI is InChI=1S/C11H11N5S/c1-6-5-17-11-15-7(2)10(16(6)11)8-3-13-14-4-9(8)12/h3-5H,1-2H3,(H2,12,13). The van der Waals surface area contributed by atoms with Crippen LogP contribution in [0.4, 0.5) is 5.69 Å². The minimum atomic E-state index is 0.621. The van der Waals surface area contributed by atoms with E-state index >= 15 is 0 Å². The van der Waals surface area contributed by atoms with Crippen LogP contribution in [0, 0.1) is 13.8 Å². The molecule has 0 saturated carbocycles. The summed E-state index contributed by atoms with van der Waals surface area (Å²) in [5.74, 6) is 0. The lowest BCUT2D eigenvalue weighted by Gasteiger charge is -2.05. The number of fused-ring (bicyclic) bond motifs is 1. The summed E-state index contributed by atoms with van der Waals surface area (Å²) < 4.78 is 2.10. The molecule has 0 aliphatic rings. The Balaban J connectivity index is 2.40. The van der Waals surface area contributed by atoms with Crippen LogP contribution in [0.15, 0.2) is 17.8 Å². The van der Waals surface area contributed by atoms with E-state index in [0.29, 0.717) is 5.69 Å². The van der Waals surface area contributed by atoms with Crippen molar-refractivity contribution in [2.45, 2.75) is 13.8 Å². The lowest BCUT2D eigenvalue weighted by Crippen LogP contribution is -1.97. The molecule has 3 aromatic heterocycles. The summed E-state index contributed by atoms with van der Waals surface area (Å²) in [6, 6.07) is 0. The Morgan fingerprint density at radius 2 is 2.00 bits per heavy atom. The van der Waals surface area contributed by atoms with Crippen LogP contribution in [0.3, 0.4) is 0 Å². The van der Waals surface area contributed by atoms with Gasteiger partial charge in [0.05, 0.1) is 29.5 Å². The smallest absolute Gasteiger partial charge is 0.194 e. The number of nitrogen functional groups attached to an aromatic ring is 1. The van der Waals surface area contributed by atoms with Gasteiger partial charge in [-0.15, -0.1) is 11.3 Å². The number of anilines is 1. The van der Waals surface area contributed by atoms with Gasteiger partial charge in [-0.2, -0.15) is 10.2 Å². The van der Waals surface area contributed by atoms with Crippen molar-refractivity contribution in [3.63, 3.8) is 0 Å². The summed E-state index contributed by atoms with van der Waals surface area (Å²) in [6.07, 6.45) is 3.25. The lowest BCUT2D eigenvalue weighted by atomic mass is 10.1. The first-order valence-corrected chi connectivity index (χ1v) is 6.06. The summed E-state index contributed by atoms with van der Waals surface area (Å²) in [5.41, 5.74) is 10.6. The van der Waals surface area contributed by atoms with Crippen molar-refractivity contribution in [2.75, 3.05) is 5.73 Å². The van der Waals surface area contributed by atoms with Crippen LogP contribution in [0.5, 0.6) is 0 Å². The number of rotatable bonds is 1. The van der Waals surface area contributed by atoms with Gasteiger partial charge < -0.3 is 5.73 Å². The van der Waals surface area contributed by atoms with Crippen molar-refractivity contribution in [2.24, 2.45) is 0 Å². The molecule has 0 spiro atoms. The Labute approximate surface area is 102 Å². The number of hydrogen-bond acceptors (Lipinski definition) is 5. The topological polar surface area (TPSA) is 69.1 Å². The lowest BCUT2D eigenvalue weighted by molar-refractivity contribution is 1.03. The summed E-state index contributed by atoms with van der Waals surface area (Å²) in [4.78, 5) is 5.51. The number of thiazole rings is 1. The molecule has 2 N–H and O–H groups in total. The summed E-state index contributed by atoms with van der Waals surface area (Å²) in [5, 5.41) is 9.75. The largest absolute Gasteiger partial charge is 0.397 e. The molecule has 0 aromatic carbocycles. The fourth-order valence-electron chi connectivity index (χ4n) is 1.94. The first-order chi connectivity index (χ1) is 8.18. The molecule has 0 amide bonds. The molecule has 0 saturated heterocycles. The normalized spacial score (nSPS) is 11.2. The maximum Gasteiger partial charge on any atom is 0.194 e. The number of nitrogens with two attached hydrogens (primary N) is 1. The quantitative estimate of drug-likeness (QED) is 0.712. The number of hydrogen-bond donors (Lipinski definition) is 1. The van der Waals surface area contributed by atoms with Crippen LogP contribution < -0.4 is 5.73 Å². The van der Waals surface area contributed by atoms with Gasteiger partial charge in [-0.25, -0.2) is 4.98 Å². The van der Waals surface area contributed by atoms with Crippen LogP contribution in [0.25, 0.3) is 16.2 Å². The van der Waals surface area contributed by atoms with Gasteiger partial charge in [-0.1, -0.05) is 0 Å². The van der Waals surface area contributed by atoms with Crippen LogP contribution in [-0.2, 0) is 0 Å². The first kappa shape index (κ1) is 10.2. The molecule has 86 valence electrons. The molecule has 3 aromatic rings. The predicted molar refractivity (Wildman–Crippen MR) is 68.0 cm³/mol. The van der Waals surface area contributed by atoms with Gasteiger partial charge in [0.2, 0.25) is 0 Å². The van der Waals surface area contributed by atoms with Crippen LogP contribution in [-0.4, -0.2) is 19.6 Å². The Morgan fingerprint density at radius 3 is 2.76 bits per heavy atom. The van der Waals surface area contributed by atoms with Gasteiger partial charge in [-0.3, -0.25) is 4.40 Å². The SMILES string of the molecule is Cc1nc2scc(C)n2c1-c1cnncc1N. The minimum Gasteiger partial charge on any atom is -0.397 e. The molecule has 3 heterocycles. The van der Waals surface area contributed by atoms with Gasteiger partial charge in [0.25, 0.3) is 0 Å². The molecule has 5 nitrogen and oxygen atoms in total. The van der Waals surface area contributed by atoms with Crippen molar-refractivity contribution < 1.29 is 0 Å². The van der Waals surface area contributed by atoms with Crippen molar-refractivity contribution in [1.82, 2.24) is 19.6 Å². The van der Waals surface area contributed by atoms with Gasteiger partial charge >= 0.3 is 0 Å². The second kappa shape index (κ2) is 3.53. The minimum absolute atomic E-state index is 0.621. The third-order valence-electron chi connectivity index (χ3n) is 2.72. The highest BCUT2D eigenvalue weighted by Gasteiger charge is 2.16. The average molecular weight is 245 g/mol. The maximum absolute atomic E-state index is 5.95. The van der Waals surface area contributed by atoms with E-state index in [1.165, 1.54) is 0 Å². The fourth-order valence-corrected chi connectivity index (χ4v) is 2.86. The molecular formula is C11H11N5S. The monoisotopic (exact) mass is 245 g/mol.